The van der Waals surface area contributed by atoms with Crippen molar-refractivity contribution in [1.29, 1.82) is 0 Å². The van der Waals surface area contributed by atoms with Crippen molar-refractivity contribution in [3.05, 3.63) is 42.0 Å². The third-order valence-corrected chi connectivity index (χ3v) is 6.09. The lowest BCUT2D eigenvalue weighted by Gasteiger charge is -2.30. The second kappa shape index (κ2) is 8.95. The molecule has 1 heterocycles. The third-order valence-electron chi connectivity index (χ3n) is 6.09. The van der Waals surface area contributed by atoms with Crippen molar-refractivity contribution in [2.45, 2.75) is 58.1 Å². The van der Waals surface area contributed by atoms with Gasteiger partial charge in [-0.1, -0.05) is 18.2 Å². The molecule has 28 heavy (non-hydrogen) atoms. The van der Waals surface area contributed by atoms with Gasteiger partial charge in [-0.15, -0.1) is 0 Å². The molecule has 0 amide bonds. The summed E-state index contributed by atoms with van der Waals surface area (Å²) in [6.45, 7) is 5.19. The molecule has 0 spiro atoms. The van der Waals surface area contributed by atoms with Crippen LogP contribution in [0.1, 0.15) is 51.0 Å². The van der Waals surface area contributed by atoms with Crippen LogP contribution in [0, 0.1) is 5.92 Å². The van der Waals surface area contributed by atoms with Gasteiger partial charge in [0.25, 0.3) is 0 Å². The molecule has 4 rings (SSSR count). The summed E-state index contributed by atoms with van der Waals surface area (Å²) in [5, 5.41) is 2.50. The van der Waals surface area contributed by atoms with E-state index in [2.05, 4.69) is 41.3 Å². The summed E-state index contributed by atoms with van der Waals surface area (Å²) >= 11 is 0. The Morgan fingerprint density at radius 2 is 1.71 bits per heavy atom. The highest BCUT2D eigenvalue weighted by Gasteiger charge is 2.25. The molecule has 0 N–H and O–H groups in total. The molecule has 150 valence electrons. The van der Waals surface area contributed by atoms with Crippen LogP contribution in [0.5, 0.6) is 5.75 Å². The van der Waals surface area contributed by atoms with Crippen LogP contribution < -0.4 is 4.74 Å². The first-order valence-corrected chi connectivity index (χ1v) is 10.8. The maximum Gasteiger partial charge on any atom is 0.309 e. The number of rotatable bonds is 6. The average molecular weight is 382 g/mol. The van der Waals surface area contributed by atoms with Crippen LogP contribution in [-0.4, -0.2) is 36.7 Å². The molecular formula is C24H31NO3. The van der Waals surface area contributed by atoms with Gasteiger partial charge in [0.05, 0.1) is 18.6 Å². The Labute approximate surface area is 167 Å². The number of ether oxygens (including phenoxy) is 2. The van der Waals surface area contributed by atoms with Gasteiger partial charge >= 0.3 is 5.97 Å². The van der Waals surface area contributed by atoms with E-state index in [0.29, 0.717) is 12.7 Å². The fourth-order valence-electron chi connectivity index (χ4n) is 4.49. The van der Waals surface area contributed by atoms with Crippen molar-refractivity contribution in [3.8, 4) is 5.75 Å². The van der Waals surface area contributed by atoms with E-state index < -0.39 is 0 Å². The molecule has 1 saturated heterocycles. The van der Waals surface area contributed by atoms with Gasteiger partial charge in [-0.3, -0.25) is 9.69 Å². The second-order valence-electron chi connectivity index (χ2n) is 8.17. The Balaban J connectivity index is 1.35. The molecule has 0 radical (unpaired) electrons. The maximum atomic E-state index is 11.9. The standard InChI is InChI=1S/C24H31NO3/c1-2-27-24(26)19-11-13-25(14-12-19)17-18-7-8-21-16-23(10-9-20(21)15-18)28-22-5-3-4-6-22/h7-10,15-16,19,22H,2-6,11-14,17H2,1H3. The van der Waals surface area contributed by atoms with Gasteiger partial charge < -0.3 is 9.47 Å². The smallest absolute Gasteiger partial charge is 0.309 e. The van der Waals surface area contributed by atoms with Crippen LogP contribution in [-0.2, 0) is 16.1 Å². The second-order valence-corrected chi connectivity index (χ2v) is 8.17. The lowest BCUT2D eigenvalue weighted by Crippen LogP contribution is -2.36. The van der Waals surface area contributed by atoms with Crippen LogP contribution in [0.15, 0.2) is 36.4 Å². The van der Waals surface area contributed by atoms with Gasteiger partial charge in [0.15, 0.2) is 0 Å². The minimum Gasteiger partial charge on any atom is -0.490 e. The number of esters is 1. The monoisotopic (exact) mass is 381 g/mol. The Morgan fingerprint density at radius 1 is 1.00 bits per heavy atom. The van der Waals surface area contributed by atoms with Gasteiger partial charge in [-0.25, -0.2) is 0 Å². The molecule has 0 bridgehead atoms. The minimum atomic E-state index is -0.0246. The zero-order valence-electron chi connectivity index (χ0n) is 16.9. The maximum absolute atomic E-state index is 11.9. The molecule has 0 unspecified atom stereocenters. The zero-order valence-corrected chi connectivity index (χ0v) is 16.9. The number of fused-ring (bicyclic) bond motifs is 1. The van der Waals surface area contributed by atoms with E-state index in [1.807, 2.05) is 6.92 Å². The Kier molecular flexibility index (Phi) is 6.16. The summed E-state index contributed by atoms with van der Waals surface area (Å²) in [5.41, 5.74) is 1.33. The third kappa shape index (κ3) is 4.67. The number of carbonyl (C=O) groups is 1. The predicted octanol–water partition coefficient (Wildman–Crippen LogP) is 4.94. The van der Waals surface area contributed by atoms with Crippen LogP contribution in [0.25, 0.3) is 10.8 Å². The van der Waals surface area contributed by atoms with Crippen LogP contribution in [0.3, 0.4) is 0 Å². The van der Waals surface area contributed by atoms with Crippen molar-refractivity contribution >= 4 is 16.7 Å². The fourth-order valence-corrected chi connectivity index (χ4v) is 4.49. The number of carbonyl (C=O) groups excluding carboxylic acids is 1. The summed E-state index contributed by atoms with van der Waals surface area (Å²) in [5.74, 6) is 1.04. The highest BCUT2D eigenvalue weighted by Crippen LogP contribution is 2.28. The summed E-state index contributed by atoms with van der Waals surface area (Å²) in [4.78, 5) is 14.3. The molecule has 0 atom stereocenters. The molecule has 4 heteroatoms. The molecule has 1 aliphatic carbocycles. The number of nitrogens with zero attached hydrogens (tertiary/aromatic N) is 1. The first-order valence-electron chi connectivity index (χ1n) is 10.8. The molecule has 4 nitrogen and oxygen atoms in total. The number of piperidine rings is 1. The zero-order chi connectivity index (χ0) is 19.3. The van der Waals surface area contributed by atoms with Gasteiger partial charge in [-0.2, -0.15) is 0 Å². The van der Waals surface area contributed by atoms with E-state index >= 15 is 0 Å². The van der Waals surface area contributed by atoms with E-state index in [1.54, 1.807) is 0 Å². The first kappa shape index (κ1) is 19.3. The lowest BCUT2D eigenvalue weighted by atomic mass is 9.96. The van der Waals surface area contributed by atoms with Crippen molar-refractivity contribution in [2.75, 3.05) is 19.7 Å². The van der Waals surface area contributed by atoms with Gasteiger partial charge in [0.1, 0.15) is 5.75 Å². The molecule has 1 aliphatic heterocycles. The lowest BCUT2D eigenvalue weighted by molar-refractivity contribution is -0.149. The van der Waals surface area contributed by atoms with E-state index in [4.69, 9.17) is 9.47 Å². The van der Waals surface area contributed by atoms with Gasteiger partial charge in [0, 0.05) is 6.54 Å². The number of benzene rings is 2. The van der Waals surface area contributed by atoms with Gasteiger partial charge in [0.2, 0.25) is 0 Å². The molecular weight excluding hydrogens is 350 g/mol. The van der Waals surface area contributed by atoms with Gasteiger partial charge in [-0.05, 0) is 93.1 Å². The summed E-state index contributed by atoms with van der Waals surface area (Å²) in [6.07, 6.45) is 7.14. The van der Waals surface area contributed by atoms with E-state index in [9.17, 15) is 4.79 Å². The number of hydrogen-bond donors (Lipinski definition) is 0. The molecule has 2 aliphatic rings. The number of likely N-dealkylation sites (tertiary alicyclic amines) is 1. The molecule has 2 aromatic carbocycles. The average Bonchev–Trinajstić information content (AvgIpc) is 3.22. The van der Waals surface area contributed by atoms with E-state index in [1.165, 1.54) is 42.0 Å². The quantitative estimate of drug-likeness (QED) is 0.665. The first-order chi connectivity index (χ1) is 13.7. The fraction of sp³-hybridized carbons (Fsp3) is 0.542. The van der Waals surface area contributed by atoms with Crippen molar-refractivity contribution in [1.82, 2.24) is 4.90 Å². The summed E-state index contributed by atoms with van der Waals surface area (Å²) < 4.78 is 11.3. The van der Waals surface area contributed by atoms with Crippen LogP contribution >= 0.6 is 0 Å². The topological polar surface area (TPSA) is 38.8 Å². The molecule has 1 saturated carbocycles. The largest absolute Gasteiger partial charge is 0.490 e. The van der Waals surface area contributed by atoms with Crippen molar-refractivity contribution in [3.63, 3.8) is 0 Å². The van der Waals surface area contributed by atoms with Crippen molar-refractivity contribution in [2.24, 2.45) is 5.92 Å². The van der Waals surface area contributed by atoms with E-state index in [0.717, 1.165) is 38.2 Å². The Hall–Kier alpha value is -2.07. The summed E-state index contributed by atoms with van der Waals surface area (Å²) in [6, 6.07) is 13.2. The predicted molar refractivity (Wildman–Crippen MR) is 111 cm³/mol. The Morgan fingerprint density at radius 3 is 2.46 bits per heavy atom. The highest BCUT2D eigenvalue weighted by molar-refractivity contribution is 5.84. The molecule has 2 fully saturated rings. The number of hydrogen-bond acceptors (Lipinski definition) is 4. The summed E-state index contributed by atoms with van der Waals surface area (Å²) in [7, 11) is 0. The molecule has 2 aromatic rings. The molecule has 0 aromatic heterocycles. The minimum absolute atomic E-state index is 0.0246. The SMILES string of the molecule is CCOC(=O)C1CCN(Cc2ccc3cc(OC4CCCC4)ccc3c2)CC1. The highest BCUT2D eigenvalue weighted by atomic mass is 16.5. The van der Waals surface area contributed by atoms with Crippen LogP contribution in [0.2, 0.25) is 0 Å². The normalized spacial score (nSPS) is 19.2. The van der Waals surface area contributed by atoms with E-state index in [-0.39, 0.29) is 11.9 Å². The van der Waals surface area contributed by atoms with Crippen molar-refractivity contribution < 1.29 is 14.3 Å². The Bertz CT molecular complexity index is 805. The van der Waals surface area contributed by atoms with Crippen LogP contribution in [0.4, 0.5) is 0 Å².